The summed E-state index contributed by atoms with van der Waals surface area (Å²) in [5, 5.41) is 2.37. The maximum absolute atomic E-state index is 12.7. The van der Waals surface area contributed by atoms with Crippen LogP contribution in [0.1, 0.15) is 21.5 Å². The van der Waals surface area contributed by atoms with Crippen LogP contribution >= 0.6 is 0 Å². The Morgan fingerprint density at radius 3 is 2.38 bits per heavy atom. The van der Waals surface area contributed by atoms with Crippen molar-refractivity contribution in [1.82, 2.24) is 0 Å². The van der Waals surface area contributed by atoms with Gasteiger partial charge in [-0.15, -0.1) is 0 Å². The molecule has 0 saturated carbocycles. The van der Waals surface area contributed by atoms with Crippen LogP contribution in [0.2, 0.25) is 0 Å². The fraction of sp³-hybridized carbons (Fsp3) is 0.188. The minimum Gasteiger partial charge on any atom is -0.322 e. The second kappa shape index (κ2) is 6.64. The van der Waals surface area contributed by atoms with Crippen LogP contribution in [0.25, 0.3) is 0 Å². The van der Waals surface area contributed by atoms with Crippen LogP contribution in [0.3, 0.4) is 0 Å². The Hall–Kier alpha value is -2.35. The number of halogens is 3. The van der Waals surface area contributed by atoms with Crippen LogP contribution < -0.4 is 5.32 Å². The third kappa shape index (κ3) is 5.09. The van der Waals surface area contributed by atoms with Crippen molar-refractivity contribution < 1.29 is 26.4 Å². The molecule has 0 spiro atoms. The predicted octanol–water partition coefficient (Wildman–Crippen LogP) is 3.50. The van der Waals surface area contributed by atoms with Gasteiger partial charge in [-0.25, -0.2) is 8.42 Å². The molecular weight excluding hydrogens is 343 g/mol. The minimum absolute atomic E-state index is 0.00309. The van der Waals surface area contributed by atoms with E-state index in [4.69, 9.17) is 0 Å². The Labute approximate surface area is 137 Å². The molecule has 128 valence electrons. The molecule has 0 atom stereocenters. The molecule has 0 aliphatic rings. The lowest BCUT2D eigenvalue weighted by atomic mass is 10.1. The number of sulfone groups is 1. The van der Waals surface area contributed by atoms with E-state index in [0.717, 1.165) is 18.4 Å². The second-order valence-corrected chi connectivity index (χ2v) is 7.44. The van der Waals surface area contributed by atoms with E-state index in [-0.39, 0.29) is 17.0 Å². The van der Waals surface area contributed by atoms with Gasteiger partial charge in [-0.1, -0.05) is 18.2 Å². The summed E-state index contributed by atoms with van der Waals surface area (Å²) in [5.41, 5.74) is -0.280. The molecule has 0 aromatic heterocycles. The quantitative estimate of drug-likeness (QED) is 0.911. The van der Waals surface area contributed by atoms with Crippen molar-refractivity contribution in [1.29, 1.82) is 0 Å². The highest BCUT2D eigenvalue weighted by Crippen LogP contribution is 2.30. The van der Waals surface area contributed by atoms with Gasteiger partial charge in [0.1, 0.15) is 0 Å². The Morgan fingerprint density at radius 2 is 1.75 bits per heavy atom. The van der Waals surface area contributed by atoms with Crippen LogP contribution in [0.15, 0.2) is 48.5 Å². The van der Waals surface area contributed by atoms with E-state index in [1.165, 1.54) is 30.3 Å². The fourth-order valence-corrected chi connectivity index (χ4v) is 2.87. The fourth-order valence-electron chi connectivity index (χ4n) is 2.08. The first-order valence-corrected chi connectivity index (χ1v) is 8.86. The van der Waals surface area contributed by atoms with Crippen molar-refractivity contribution in [3.8, 4) is 0 Å². The van der Waals surface area contributed by atoms with Gasteiger partial charge in [-0.05, 0) is 35.9 Å². The first-order chi connectivity index (χ1) is 11.0. The highest BCUT2D eigenvalue weighted by molar-refractivity contribution is 7.89. The molecule has 0 fully saturated rings. The van der Waals surface area contributed by atoms with Crippen molar-refractivity contribution in [2.75, 3.05) is 11.6 Å². The highest BCUT2D eigenvalue weighted by Gasteiger charge is 2.30. The molecule has 0 unspecified atom stereocenters. The number of anilines is 1. The molecular formula is C16H14F3NO3S. The molecule has 0 radical (unpaired) electrons. The zero-order valence-electron chi connectivity index (χ0n) is 12.6. The monoisotopic (exact) mass is 357 g/mol. The van der Waals surface area contributed by atoms with Crippen molar-refractivity contribution in [2.24, 2.45) is 0 Å². The lowest BCUT2D eigenvalue weighted by Gasteiger charge is -2.10. The summed E-state index contributed by atoms with van der Waals surface area (Å²) in [7, 11) is -3.26. The molecule has 2 aromatic carbocycles. The number of carbonyl (C=O) groups is 1. The molecule has 4 nitrogen and oxygen atoms in total. The van der Waals surface area contributed by atoms with E-state index in [0.29, 0.717) is 5.56 Å². The molecule has 0 heterocycles. The molecule has 8 heteroatoms. The second-order valence-electron chi connectivity index (χ2n) is 5.30. The maximum Gasteiger partial charge on any atom is 0.416 e. The van der Waals surface area contributed by atoms with E-state index < -0.39 is 27.5 Å². The molecule has 0 bridgehead atoms. The number of carbonyl (C=O) groups excluding carboxylic acids is 1. The zero-order valence-corrected chi connectivity index (χ0v) is 13.4. The smallest absolute Gasteiger partial charge is 0.322 e. The molecule has 2 rings (SSSR count). The predicted molar refractivity (Wildman–Crippen MR) is 84.4 cm³/mol. The van der Waals surface area contributed by atoms with Gasteiger partial charge in [0, 0.05) is 17.5 Å². The molecule has 0 aliphatic carbocycles. The lowest BCUT2D eigenvalue weighted by molar-refractivity contribution is -0.137. The summed E-state index contributed by atoms with van der Waals surface area (Å²) in [5.74, 6) is -0.845. The minimum atomic E-state index is -4.50. The van der Waals surface area contributed by atoms with E-state index in [1.807, 2.05) is 0 Å². The Balaban J connectivity index is 2.20. The van der Waals surface area contributed by atoms with Crippen LogP contribution in [0.5, 0.6) is 0 Å². The van der Waals surface area contributed by atoms with E-state index in [1.54, 1.807) is 6.07 Å². The van der Waals surface area contributed by atoms with Crippen LogP contribution in [-0.4, -0.2) is 20.6 Å². The van der Waals surface area contributed by atoms with E-state index in [2.05, 4.69) is 5.32 Å². The van der Waals surface area contributed by atoms with Gasteiger partial charge in [0.15, 0.2) is 9.84 Å². The standard InChI is InChI=1S/C16H14F3NO3S/c1-24(22,23)10-11-4-2-5-12(8-11)15(21)20-14-7-3-6-13(9-14)16(17,18)19/h2-9H,10H2,1H3,(H,20,21). The van der Waals surface area contributed by atoms with Crippen LogP contribution in [-0.2, 0) is 21.8 Å². The molecule has 2 aromatic rings. The zero-order chi connectivity index (χ0) is 18.0. The number of benzene rings is 2. The number of hydrogen-bond donors (Lipinski definition) is 1. The van der Waals surface area contributed by atoms with Gasteiger partial charge in [-0.2, -0.15) is 13.2 Å². The summed E-state index contributed by atoms with van der Waals surface area (Å²) >= 11 is 0. The number of nitrogens with one attached hydrogen (secondary N) is 1. The van der Waals surface area contributed by atoms with Crippen molar-refractivity contribution >= 4 is 21.4 Å². The van der Waals surface area contributed by atoms with Gasteiger partial charge in [0.05, 0.1) is 11.3 Å². The largest absolute Gasteiger partial charge is 0.416 e. The third-order valence-corrected chi connectivity index (χ3v) is 3.92. The van der Waals surface area contributed by atoms with Gasteiger partial charge in [-0.3, -0.25) is 4.79 Å². The number of rotatable bonds is 4. The normalized spacial score (nSPS) is 12.0. The average Bonchev–Trinajstić information content (AvgIpc) is 2.45. The van der Waals surface area contributed by atoms with Crippen molar-refractivity contribution in [3.63, 3.8) is 0 Å². The molecule has 0 aliphatic heterocycles. The maximum atomic E-state index is 12.7. The van der Waals surface area contributed by atoms with Crippen molar-refractivity contribution in [2.45, 2.75) is 11.9 Å². The van der Waals surface area contributed by atoms with Gasteiger partial charge >= 0.3 is 6.18 Å². The Bertz CT molecular complexity index is 861. The molecule has 1 amide bonds. The third-order valence-electron chi connectivity index (χ3n) is 3.07. The average molecular weight is 357 g/mol. The van der Waals surface area contributed by atoms with Gasteiger partial charge in [0.2, 0.25) is 0 Å². The summed E-state index contributed by atoms with van der Waals surface area (Å²) in [4.78, 5) is 12.2. The first kappa shape index (κ1) is 18.0. The van der Waals surface area contributed by atoms with E-state index in [9.17, 15) is 26.4 Å². The van der Waals surface area contributed by atoms with Crippen LogP contribution in [0, 0.1) is 0 Å². The molecule has 1 N–H and O–H groups in total. The lowest BCUT2D eigenvalue weighted by Crippen LogP contribution is -2.13. The Morgan fingerprint density at radius 1 is 1.08 bits per heavy atom. The Kier molecular flexibility index (Phi) is 4.98. The number of alkyl halides is 3. The molecule has 24 heavy (non-hydrogen) atoms. The summed E-state index contributed by atoms with van der Waals surface area (Å²) < 4.78 is 60.6. The highest BCUT2D eigenvalue weighted by atomic mass is 32.2. The topological polar surface area (TPSA) is 63.2 Å². The van der Waals surface area contributed by atoms with Gasteiger partial charge in [0.25, 0.3) is 5.91 Å². The summed E-state index contributed by atoms with van der Waals surface area (Å²) in [6, 6.07) is 10.2. The number of hydrogen-bond acceptors (Lipinski definition) is 3. The van der Waals surface area contributed by atoms with Gasteiger partial charge < -0.3 is 5.32 Å². The van der Waals surface area contributed by atoms with E-state index >= 15 is 0 Å². The summed E-state index contributed by atoms with van der Waals surface area (Å²) in [6.07, 6.45) is -3.43. The SMILES string of the molecule is CS(=O)(=O)Cc1cccc(C(=O)Nc2cccc(C(F)(F)F)c2)c1. The van der Waals surface area contributed by atoms with Crippen molar-refractivity contribution in [3.05, 3.63) is 65.2 Å². The molecule has 0 saturated heterocycles. The first-order valence-electron chi connectivity index (χ1n) is 6.80. The summed E-state index contributed by atoms with van der Waals surface area (Å²) in [6.45, 7) is 0. The number of amides is 1. The van der Waals surface area contributed by atoms with Crippen LogP contribution in [0.4, 0.5) is 18.9 Å².